The first-order chi connectivity index (χ1) is 14.2. The highest BCUT2D eigenvalue weighted by Crippen LogP contribution is 2.35. The Balaban J connectivity index is 1.76. The molecule has 0 spiro atoms. The van der Waals surface area contributed by atoms with Crippen molar-refractivity contribution < 1.29 is 27.5 Å². The van der Waals surface area contributed by atoms with Crippen LogP contribution >= 0.6 is 0 Å². The third-order valence-electron chi connectivity index (χ3n) is 5.05. The Morgan fingerprint density at radius 2 is 1.97 bits per heavy atom. The zero-order valence-electron chi connectivity index (χ0n) is 15.9. The number of carbonyl (C=O) groups is 1. The predicted octanol–water partition coefficient (Wildman–Crippen LogP) is 2.97. The molecule has 1 aliphatic rings. The van der Waals surface area contributed by atoms with Crippen LogP contribution in [0, 0.1) is 17.1 Å². The molecule has 3 rings (SSSR count). The van der Waals surface area contributed by atoms with Gasteiger partial charge in [-0.2, -0.15) is 18.4 Å². The maximum absolute atomic E-state index is 13.3. The van der Waals surface area contributed by atoms with Gasteiger partial charge >= 0.3 is 6.18 Å². The number of aliphatic hydroxyl groups is 1. The fraction of sp³-hybridized carbons (Fsp3) is 0.333. The average molecular weight is 421 g/mol. The van der Waals surface area contributed by atoms with Gasteiger partial charge in [0.05, 0.1) is 36.3 Å². The van der Waals surface area contributed by atoms with E-state index < -0.39 is 29.2 Å². The van der Waals surface area contributed by atoms with Crippen molar-refractivity contribution in [3.63, 3.8) is 0 Å². The van der Waals surface area contributed by atoms with Crippen LogP contribution in [0.4, 0.5) is 23.2 Å². The summed E-state index contributed by atoms with van der Waals surface area (Å²) in [6.45, 7) is 0.220. The van der Waals surface area contributed by atoms with Crippen LogP contribution in [0.25, 0.3) is 0 Å². The van der Waals surface area contributed by atoms with Crippen molar-refractivity contribution in [2.75, 3.05) is 31.1 Å². The molecule has 2 aromatic rings. The summed E-state index contributed by atoms with van der Waals surface area (Å²) in [6.07, 6.45) is -4.70. The normalized spacial score (nSPS) is 17.0. The summed E-state index contributed by atoms with van der Waals surface area (Å²) < 4.78 is 53.1. The summed E-state index contributed by atoms with van der Waals surface area (Å²) in [5.74, 6) is -0.750. The van der Waals surface area contributed by atoms with Crippen LogP contribution in [0.3, 0.4) is 0 Å². The second kappa shape index (κ2) is 8.71. The fourth-order valence-electron chi connectivity index (χ4n) is 3.56. The van der Waals surface area contributed by atoms with Gasteiger partial charge in [-0.15, -0.1) is 0 Å². The van der Waals surface area contributed by atoms with Crippen LogP contribution < -0.4 is 4.90 Å². The van der Waals surface area contributed by atoms with Crippen molar-refractivity contribution >= 4 is 11.6 Å². The highest BCUT2D eigenvalue weighted by atomic mass is 19.4. The minimum absolute atomic E-state index is 0.0383. The van der Waals surface area contributed by atoms with Gasteiger partial charge in [-0.25, -0.2) is 4.39 Å². The quantitative estimate of drug-likeness (QED) is 0.771. The standard InChI is InChI=1S/C21H19F4N3O2/c22-16-3-1-2-14(8-16)9-20(30)28-7-6-27(12-18(28)13-29)17-5-4-15(11-26)19(10-17)21(23,24)25/h1-5,8,10,18,29H,6-7,9,12-13H2. The topological polar surface area (TPSA) is 67.6 Å². The second-order valence-corrected chi connectivity index (χ2v) is 7.02. The number of nitrogens with zero attached hydrogens (tertiary/aromatic N) is 3. The molecule has 0 aliphatic carbocycles. The van der Waals surface area contributed by atoms with Crippen LogP contribution in [0.5, 0.6) is 0 Å². The Hall–Kier alpha value is -3.12. The molecule has 0 bridgehead atoms. The molecule has 0 saturated carbocycles. The van der Waals surface area contributed by atoms with E-state index in [4.69, 9.17) is 5.26 Å². The predicted molar refractivity (Wildman–Crippen MR) is 101 cm³/mol. The fourth-order valence-corrected chi connectivity index (χ4v) is 3.56. The van der Waals surface area contributed by atoms with Crippen molar-refractivity contribution in [3.05, 3.63) is 65.0 Å². The molecule has 158 valence electrons. The maximum atomic E-state index is 13.3. The Morgan fingerprint density at radius 1 is 1.20 bits per heavy atom. The number of nitriles is 1. The number of anilines is 1. The number of alkyl halides is 3. The molecule has 1 atom stereocenters. The van der Waals surface area contributed by atoms with E-state index in [2.05, 4.69) is 0 Å². The molecule has 1 unspecified atom stereocenters. The molecule has 5 nitrogen and oxygen atoms in total. The van der Waals surface area contributed by atoms with Crippen LogP contribution in [0.1, 0.15) is 16.7 Å². The first kappa shape index (κ1) is 21.6. The molecule has 0 aromatic heterocycles. The Kier molecular flexibility index (Phi) is 6.27. The Labute approximate surface area is 170 Å². The van der Waals surface area contributed by atoms with Gasteiger partial charge in [0.2, 0.25) is 5.91 Å². The monoisotopic (exact) mass is 421 g/mol. The van der Waals surface area contributed by atoms with Crippen molar-refractivity contribution in [2.24, 2.45) is 0 Å². The first-order valence-electron chi connectivity index (χ1n) is 9.24. The Morgan fingerprint density at radius 3 is 2.60 bits per heavy atom. The van der Waals surface area contributed by atoms with Gasteiger partial charge in [-0.1, -0.05) is 12.1 Å². The summed E-state index contributed by atoms with van der Waals surface area (Å²) in [7, 11) is 0. The maximum Gasteiger partial charge on any atom is 0.417 e. The van der Waals surface area contributed by atoms with Crippen molar-refractivity contribution in [2.45, 2.75) is 18.6 Å². The number of piperazine rings is 1. The molecule has 2 aromatic carbocycles. The summed E-state index contributed by atoms with van der Waals surface area (Å²) in [5, 5.41) is 18.7. The molecular weight excluding hydrogens is 402 g/mol. The van der Waals surface area contributed by atoms with Gasteiger partial charge in [0.25, 0.3) is 0 Å². The van der Waals surface area contributed by atoms with Crippen molar-refractivity contribution in [1.29, 1.82) is 5.26 Å². The molecule has 1 aliphatic heterocycles. The molecule has 30 heavy (non-hydrogen) atoms. The molecule has 1 saturated heterocycles. The highest BCUT2D eigenvalue weighted by molar-refractivity contribution is 5.79. The lowest BCUT2D eigenvalue weighted by atomic mass is 10.0. The lowest BCUT2D eigenvalue weighted by Crippen LogP contribution is -2.57. The number of hydrogen-bond donors (Lipinski definition) is 1. The Bertz CT molecular complexity index is 971. The average Bonchev–Trinajstić information content (AvgIpc) is 2.72. The summed E-state index contributed by atoms with van der Waals surface area (Å²) >= 11 is 0. The zero-order valence-corrected chi connectivity index (χ0v) is 15.9. The van der Waals surface area contributed by atoms with Crippen LogP contribution in [-0.4, -0.2) is 48.2 Å². The first-order valence-corrected chi connectivity index (χ1v) is 9.24. The number of carbonyl (C=O) groups excluding carboxylic acids is 1. The van der Waals surface area contributed by atoms with E-state index in [1.165, 1.54) is 29.2 Å². The lowest BCUT2D eigenvalue weighted by Gasteiger charge is -2.42. The van der Waals surface area contributed by atoms with Crippen LogP contribution in [0.2, 0.25) is 0 Å². The van der Waals surface area contributed by atoms with E-state index in [1.54, 1.807) is 17.0 Å². The van der Waals surface area contributed by atoms with E-state index in [0.717, 1.165) is 12.1 Å². The van der Waals surface area contributed by atoms with E-state index in [-0.39, 0.29) is 44.3 Å². The molecular formula is C21H19F4N3O2. The van der Waals surface area contributed by atoms with Crippen molar-refractivity contribution in [1.82, 2.24) is 4.90 Å². The van der Waals surface area contributed by atoms with E-state index in [0.29, 0.717) is 5.56 Å². The minimum atomic E-state index is -4.67. The minimum Gasteiger partial charge on any atom is -0.394 e. The molecule has 9 heteroatoms. The van der Waals surface area contributed by atoms with Crippen LogP contribution in [0.15, 0.2) is 42.5 Å². The molecule has 1 amide bonds. The molecule has 1 heterocycles. The third-order valence-corrected chi connectivity index (χ3v) is 5.05. The van der Waals surface area contributed by atoms with Crippen molar-refractivity contribution in [3.8, 4) is 6.07 Å². The van der Waals surface area contributed by atoms with Gasteiger partial charge in [0, 0.05) is 25.3 Å². The van der Waals surface area contributed by atoms with Gasteiger partial charge in [0.1, 0.15) is 5.82 Å². The SMILES string of the molecule is N#Cc1ccc(N2CCN(C(=O)Cc3cccc(F)c3)C(CO)C2)cc1C(F)(F)F. The number of rotatable bonds is 4. The number of halogens is 4. The number of hydrogen-bond acceptors (Lipinski definition) is 4. The molecule has 0 radical (unpaired) electrons. The highest BCUT2D eigenvalue weighted by Gasteiger charge is 2.35. The smallest absolute Gasteiger partial charge is 0.394 e. The summed E-state index contributed by atoms with van der Waals surface area (Å²) in [6, 6.07) is 10.0. The van der Waals surface area contributed by atoms with Gasteiger partial charge in [0.15, 0.2) is 0 Å². The lowest BCUT2D eigenvalue weighted by molar-refractivity contribution is -0.137. The third kappa shape index (κ3) is 4.71. The molecule has 1 fully saturated rings. The van der Waals surface area contributed by atoms with Gasteiger partial charge in [-0.05, 0) is 35.9 Å². The van der Waals surface area contributed by atoms with Gasteiger partial charge in [-0.3, -0.25) is 4.79 Å². The molecule has 1 N–H and O–H groups in total. The zero-order chi connectivity index (χ0) is 21.9. The number of amides is 1. The van der Waals surface area contributed by atoms with E-state index in [9.17, 15) is 27.5 Å². The van der Waals surface area contributed by atoms with Crippen LogP contribution in [-0.2, 0) is 17.4 Å². The summed E-state index contributed by atoms with van der Waals surface area (Å²) in [4.78, 5) is 15.8. The number of benzene rings is 2. The van der Waals surface area contributed by atoms with E-state index >= 15 is 0 Å². The van der Waals surface area contributed by atoms with Gasteiger partial charge < -0.3 is 14.9 Å². The number of aliphatic hydroxyl groups excluding tert-OH is 1. The largest absolute Gasteiger partial charge is 0.417 e. The van der Waals surface area contributed by atoms with E-state index in [1.807, 2.05) is 0 Å². The summed E-state index contributed by atoms with van der Waals surface area (Å²) in [5.41, 5.74) is -0.723. The second-order valence-electron chi connectivity index (χ2n) is 7.02.